The van der Waals surface area contributed by atoms with Crippen molar-refractivity contribution in [2.24, 2.45) is 0 Å². The van der Waals surface area contributed by atoms with Crippen LogP contribution in [0.4, 0.5) is 0 Å². The Morgan fingerprint density at radius 2 is 1.74 bits per heavy atom. The predicted molar refractivity (Wildman–Crippen MR) is 120 cm³/mol. The lowest BCUT2D eigenvalue weighted by molar-refractivity contribution is 0.0258. The van der Waals surface area contributed by atoms with Crippen molar-refractivity contribution >= 4 is 0 Å². The fourth-order valence-corrected chi connectivity index (χ4v) is 4.39. The molecule has 1 aromatic heterocycles. The fraction of sp³-hybridized carbons (Fsp3) is 0.385. The van der Waals surface area contributed by atoms with Gasteiger partial charge in [0, 0.05) is 25.6 Å². The van der Waals surface area contributed by atoms with Gasteiger partial charge in [0.05, 0.1) is 19.5 Å². The molecule has 1 aliphatic heterocycles. The molecule has 2 heterocycles. The Labute approximate surface area is 184 Å². The zero-order chi connectivity index (χ0) is 21.5. The van der Waals surface area contributed by atoms with E-state index in [1.165, 1.54) is 0 Å². The van der Waals surface area contributed by atoms with E-state index in [2.05, 4.69) is 24.0 Å². The number of nitrogens with zero attached hydrogens (tertiary/aromatic N) is 1. The molecule has 0 aliphatic carbocycles. The van der Waals surface area contributed by atoms with Crippen LogP contribution >= 0.6 is 0 Å². The molecule has 1 fully saturated rings. The van der Waals surface area contributed by atoms with E-state index >= 15 is 0 Å². The lowest BCUT2D eigenvalue weighted by Gasteiger charge is -2.35. The smallest absolute Gasteiger partial charge is 0.154 e. The van der Waals surface area contributed by atoms with Gasteiger partial charge >= 0.3 is 0 Å². The van der Waals surface area contributed by atoms with Gasteiger partial charge in [-0.25, -0.2) is 0 Å². The summed E-state index contributed by atoms with van der Waals surface area (Å²) < 4.78 is 17.1. The maximum absolute atomic E-state index is 12.0. The van der Waals surface area contributed by atoms with Crippen LogP contribution in [-0.2, 0) is 10.3 Å². The van der Waals surface area contributed by atoms with Crippen LogP contribution in [0, 0.1) is 0 Å². The van der Waals surface area contributed by atoms with E-state index in [1.807, 2.05) is 54.6 Å². The molecule has 164 valence electrons. The standard InChI is InChI=1S/C26H31NO4/c1-2-24(21-7-4-3-5-8-21)26(28,25-9-6-17-31-25)22-10-12-23(13-11-22)30-20-16-27-14-18-29-19-15-27/h3-13,17,24,28H,2,14-16,18-20H2,1H3/t24-,26-/m0/s1. The first-order valence-corrected chi connectivity index (χ1v) is 11.1. The van der Waals surface area contributed by atoms with E-state index < -0.39 is 5.60 Å². The van der Waals surface area contributed by atoms with Crippen LogP contribution in [0.15, 0.2) is 77.4 Å². The van der Waals surface area contributed by atoms with Gasteiger partial charge < -0.3 is 19.0 Å². The molecular formula is C26H31NO4. The van der Waals surface area contributed by atoms with Crippen LogP contribution in [0.3, 0.4) is 0 Å². The maximum Gasteiger partial charge on any atom is 0.154 e. The topological polar surface area (TPSA) is 55.1 Å². The fourth-order valence-electron chi connectivity index (χ4n) is 4.39. The average Bonchev–Trinajstić information content (AvgIpc) is 3.37. The van der Waals surface area contributed by atoms with Gasteiger partial charge in [0.2, 0.25) is 0 Å². The number of hydrogen-bond donors (Lipinski definition) is 1. The Morgan fingerprint density at radius 3 is 2.39 bits per heavy atom. The lowest BCUT2D eigenvalue weighted by atomic mass is 9.74. The van der Waals surface area contributed by atoms with Crippen molar-refractivity contribution in [2.75, 3.05) is 39.5 Å². The van der Waals surface area contributed by atoms with E-state index in [1.54, 1.807) is 6.26 Å². The third kappa shape index (κ3) is 4.85. The first-order chi connectivity index (χ1) is 15.2. The highest BCUT2D eigenvalue weighted by Gasteiger charge is 2.42. The minimum atomic E-state index is -1.27. The molecule has 1 N–H and O–H groups in total. The maximum atomic E-state index is 12.0. The minimum Gasteiger partial charge on any atom is -0.492 e. The van der Waals surface area contributed by atoms with Gasteiger partial charge in [-0.05, 0) is 41.8 Å². The molecule has 4 rings (SSSR count). The van der Waals surface area contributed by atoms with Gasteiger partial charge in [0.15, 0.2) is 5.60 Å². The van der Waals surface area contributed by atoms with Crippen molar-refractivity contribution in [2.45, 2.75) is 24.9 Å². The largest absolute Gasteiger partial charge is 0.492 e. The Morgan fingerprint density at radius 1 is 1.00 bits per heavy atom. The molecule has 5 nitrogen and oxygen atoms in total. The third-order valence-corrected chi connectivity index (χ3v) is 6.09. The highest BCUT2D eigenvalue weighted by molar-refractivity contribution is 5.40. The zero-order valence-electron chi connectivity index (χ0n) is 18.1. The van der Waals surface area contributed by atoms with Gasteiger partial charge in [0.1, 0.15) is 18.1 Å². The molecule has 1 saturated heterocycles. The molecule has 2 aromatic carbocycles. The highest BCUT2D eigenvalue weighted by atomic mass is 16.5. The highest BCUT2D eigenvalue weighted by Crippen LogP contribution is 2.44. The second-order valence-corrected chi connectivity index (χ2v) is 7.94. The number of ether oxygens (including phenoxy) is 2. The van der Waals surface area contributed by atoms with E-state index in [0.29, 0.717) is 12.4 Å². The molecule has 0 spiro atoms. The summed E-state index contributed by atoms with van der Waals surface area (Å²) in [5, 5.41) is 12.0. The molecule has 0 bridgehead atoms. The zero-order valence-corrected chi connectivity index (χ0v) is 18.1. The summed E-state index contributed by atoms with van der Waals surface area (Å²) in [5.74, 6) is 1.20. The quantitative estimate of drug-likeness (QED) is 0.554. The summed E-state index contributed by atoms with van der Waals surface area (Å²) in [6, 6.07) is 21.5. The second kappa shape index (κ2) is 10.1. The second-order valence-electron chi connectivity index (χ2n) is 7.94. The van der Waals surface area contributed by atoms with Crippen molar-refractivity contribution in [3.05, 3.63) is 89.9 Å². The predicted octanol–water partition coefficient (Wildman–Crippen LogP) is 4.42. The van der Waals surface area contributed by atoms with Crippen molar-refractivity contribution < 1.29 is 19.0 Å². The Kier molecular flexibility index (Phi) is 7.07. The summed E-state index contributed by atoms with van der Waals surface area (Å²) in [5.41, 5.74) is 0.597. The average molecular weight is 422 g/mol. The molecule has 0 saturated carbocycles. The third-order valence-electron chi connectivity index (χ3n) is 6.09. The van der Waals surface area contributed by atoms with Crippen molar-refractivity contribution in [3.8, 4) is 5.75 Å². The molecular weight excluding hydrogens is 390 g/mol. The van der Waals surface area contributed by atoms with Gasteiger partial charge in [0.25, 0.3) is 0 Å². The Bertz CT molecular complexity index is 904. The molecule has 5 heteroatoms. The summed E-state index contributed by atoms with van der Waals surface area (Å²) >= 11 is 0. The summed E-state index contributed by atoms with van der Waals surface area (Å²) in [6.07, 6.45) is 2.38. The van der Waals surface area contributed by atoms with E-state index in [-0.39, 0.29) is 5.92 Å². The van der Waals surface area contributed by atoms with Crippen LogP contribution in [0.5, 0.6) is 5.75 Å². The molecule has 0 radical (unpaired) electrons. The first-order valence-electron chi connectivity index (χ1n) is 11.1. The summed E-state index contributed by atoms with van der Waals surface area (Å²) in [7, 11) is 0. The Balaban J connectivity index is 1.53. The van der Waals surface area contributed by atoms with Crippen LogP contribution in [0.2, 0.25) is 0 Å². The van der Waals surface area contributed by atoms with Crippen LogP contribution in [0.1, 0.15) is 36.1 Å². The lowest BCUT2D eigenvalue weighted by Crippen LogP contribution is -2.38. The SMILES string of the molecule is CC[C@@H](c1ccccc1)[C@@](O)(c1ccc(OCCN2CCOCC2)cc1)c1ccco1. The number of benzene rings is 2. The minimum absolute atomic E-state index is 0.145. The molecule has 0 unspecified atom stereocenters. The van der Waals surface area contributed by atoms with E-state index in [4.69, 9.17) is 13.9 Å². The van der Waals surface area contributed by atoms with Crippen molar-refractivity contribution in [1.29, 1.82) is 0 Å². The number of hydrogen-bond acceptors (Lipinski definition) is 5. The van der Waals surface area contributed by atoms with Crippen LogP contribution in [0.25, 0.3) is 0 Å². The molecule has 3 aromatic rings. The van der Waals surface area contributed by atoms with Gasteiger partial charge in [-0.3, -0.25) is 4.90 Å². The number of morpholine rings is 1. The van der Waals surface area contributed by atoms with Crippen LogP contribution < -0.4 is 4.74 Å². The molecule has 2 atom stereocenters. The van der Waals surface area contributed by atoms with Crippen LogP contribution in [-0.4, -0.2) is 49.5 Å². The van der Waals surface area contributed by atoms with Gasteiger partial charge in [-0.15, -0.1) is 0 Å². The summed E-state index contributed by atoms with van der Waals surface area (Å²) in [4.78, 5) is 2.35. The molecule has 1 aliphatic rings. The summed E-state index contributed by atoms with van der Waals surface area (Å²) in [6.45, 7) is 7.10. The molecule has 31 heavy (non-hydrogen) atoms. The number of aliphatic hydroxyl groups is 1. The van der Waals surface area contributed by atoms with E-state index in [9.17, 15) is 5.11 Å². The van der Waals surface area contributed by atoms with Gasteiger partial charge in [-0.1, -0.05) is 49.4 Å². The number of rotatable bonds is 9. The van der Waals surface area contributed by atoms with E-state index in [0.717, 1.165) is 56.1 Å². The Hall–Kier alpha value is -2.60. The number of furan rings is 1. The van der Waals surface area contributed by atoms with Crippen molar-refractivity contribution in [3.63, 3.8) is 0 Å². The monoisotopic (exact) mass is 421 g/mol. The van der Waals surface area contributed by atoms with Crippen molar-refractivity contribution in [1.82, 2.24) is 4.90 Å². The van der Waals surface area contributed by atoms with Gasteiger partial charge in [-0.2, -0.15) is 0 Å². The normalized spacial score (nSPS) is 17.7. The first kappa shape index (κ1) is 21.6. The molecule has 0 amide bonds.